The molecule has 0 spiro atoms. The molecule has 0 aliphatic carbocycles. The van der Waals surface area contributed by atoms with Gasteiger partial charge in [0.05, 0.1) is 0 Å². The Kier molecular flexibility index (Phi) is 3.94. The van der Waals surface area contributed by atoms with Crippen molar-refractivity contribution in [2.75, 3.05) is 0 Å². The summed E-state index contributed by atoms with van der Waals surface area (Å²) in [4.78, 5) is 0. The molecule has 0 aromatic heterocycles. The summed E-state index contributed by atoms with van der Waals surface area (Å²) >= 11 is 0. The van der Waals surface area contributed by atoms with Gasteiger partial charge in [-0.25, -0.2) is 0 Å². The van der Waals surface area contributed by atoms with Crippen LogP contribution in [0.3, 0.4) is 0 Å². The summed E-state index contributed by atoms with van der Waals surface area (Å²) in [5.41, 5.74) is 9.99. The topological polar surface area (TPSA) is 26.0 Å². The maximum absolute atomic E-state index is 5.89. The maximum Gasteiger partial charge on any atom is 0.00510 e. The summed E-state index contributed by atoms with van der Waals surface area (Å²) in [6, 6.07) is 19.4. The largest absolute Gasteiger partial charge is 0.328 e. The third kappa shape index (κ3) is 3.43. The number of hydrogen-bond acceptors (Lipinski definition) is 1. The van der Waals surface area contributed by atoms with E-state index in [-0.39, 0.29) is 6.04 Å². The van der Waals surface area contributed by atoms with E-state index in [1.165, 1.54) is 16.7 Å². The summed E-state index contributed by atoms with van der Waals surface area (Å²) in [5.74, 6) is 0. The molecule has 0 radical (unpaired) electrons. The summed E-state index contributed by atoms with van der Waals surface area (Å²) in [6.45, 7) is 2.05. The van der Waals surface area contributed by atoms with Crippen LogP contribution in [0.25, 0.3) is 0 Å². The van der Waals surface area contributed by atoms with Gasteiger partial charge in [-0.15, -0.1) is 0 Å². The minimum atomic E-state index is 0.215. The molecule has 1 heteroatoms. The van der Waals surface area contributed by atoms with Gasteiger partial charge in [0.25, 0.3) is 0 Å². The van der Waals surface area contributed by atoms with Gasteiger partial charge >= 0.3 is 0 Å². The SMILES string of the molecule is CC(N)Cc1ccccc1Cc1ccccc1. The second-order valence-corrected chi connectivity index (χ2v) is 4.61. The Morgan fingerprint density at radius 3 is 2.12 bits per heavy atom. The van der Waals surface area contributed by atoms with E-state index >= 15 is 0 Å². The Hall–Kier alpha value is -1.60. The molecule has 0 aliphatic heterocycles. The monoisotopic (exact) mass is 225 g/mol. The van der Waals surface area contributed by atoms with Crippen LogP contribution in [0, 0.1) is 0 Å². The number of rotatable bonds is 4. The van der Waals surface area contributed by atoms with Crippen molar-refractivity contribution < 1.29 is 0 Å². The fraction of sp³-hybridized carbons (Fsp3) is 0.250. The van der Waals surface area contributed by atoms with Gasteiger partial charge in [-0.2, -0.15) is 0 Å². The highest BCUT2D eigenvalue weighted by molar-refractivity contribution is 5.33. The van der Waals surface area contributed by atoms with Crippen LogP contribution in [0.5, 0.6) is 0 Å². The average Bonchev–Trinajstić information content (AvgIpc) is 2.32. The Morgan fingerprint density at radius 2 is 1.47 bits per heavy atom. The van der Waals surface area contributed by atoms with Crippen LogP contribution in [0.1, 0.15) is 23.6 Å². The molecule has 0 bridgehead atoms. The second kappa shape index (κ2) is 5.65. The molecule has 0 saturated carbocycles. The molecule has 2 aromatic carbocycles. The van der Waals surface area contributed by atoms with E-state index in [1.54, 1.807) is 0 Å². The van der Waals surface area contributed by atoms with Gasteiger partial charge in [0, 0.05) is 6.04 Å². The van der Waals surface area contributed by atoms with Crippen molar-refractivity contribution in [3.63, 3.8) is 0 Å². The van der Waals surface area contributed by atoms with Crippen molar-refractivity contribution in [3.05, 3.63) is 71.3 Å². The molecule has 0 fully saturated rings. The van der Waals surface area contributed by atoms with Crippen LogP contribution in [-0.4, -0.2) is 6.04 Å². The van der Waals surface area contributed by atoms with Crippen molar-refractivity contribution in [1.29, 1.82) is 0 Å². The van der Waals surface area contributed by atoms with Crippen LogP contribution < -0.4 is 5.73 Å². The highest BCUT2D eigenvalue weighted by atomic mass is 14.6. The third-order valence-electron chi connectivity index (χ3n) is 2.90. The van der Waals surface area contributed by atoms with Crippen LogP contribution in [0.4, 0.5) is 0 Å². The van der Waals surface area contributed by atoms with Crippen LogP contribution in [-0.2, 0) is 12.8 Å². The van der Waals surface area contributed by atoms with Crippen LogP contribution in [0.2, 0.25) is 0 Å². The lowest BCUT2D eigenvalue weighted by Crippen LogP contribution is -2.18. The van der Waals surface area contributed by atoms with Gasteiger partial charge in [0.2, 0.25) is 0 Å². The quantitative estimate of drug-likeness (QED) is 0.849. The third-order valence-corrected chi connectivity index (χ3v) is 2.90. The van der Waals surface area contributed by atoms with Gasteiger partial charge in [0.15, 0.2) is 0 Å². The first-order valence-corrected chi connectivity index (χ1v) is 6.12. The molecule has 1 unspecified atom stereocenters. The molecule has 1 atom stereocenters. The lowest BCUT2D eigenvalue weighted by molar-refractivity contribution is 0.733. The van der Waals surface area contributed by atoms with Crippen molar-refractivity contribution >= 4 is 0 Å². The molecule has 1 nitrogen and oxygen atoms in total. The second-order valence-electron chi connectivity index (χ2n) is 4.61. The fourth-order valence-electron chi connectivity index (χ4n) is 2.09. The molecule has 0 aliphatic rings. The first-order chi connectivity index (χ1) is 8.25. The molecule has 0 saturated heterocycles. The van der Waals surface area contributed by atoms with Crippen LogP contribution in [0.15, 0.2) is 54.6 Å². The van der Waals surface area contributed by atoms with Gasteiger partial charge in [-0.1, -0.05) is 54.6 Å². The van der Waals surface area contributed by atoms with Gasteiger partial charge in [0.1, 0.15) is 0 Å². The first kappa shape index (κ1) is 11.9. The van der Waals surface area contributed by atoms with E-state index in [2.05, 4.69) is 61.5 Å². The van der Waals surface area contributed by atoms with Gasteiger partial charge < -0.3 is 5.73 Å². The highest BCUT2D eigenvalue weighted by Crippen LogP contribution is 2.15. The molecular formula is C16H19N. The summed E-state index contributed by atoms with van der Waals surface area (Å²) in [6.07, 6.45) is 1.94. The number of benzene rings is 2. The van der Waals surface area contributed by atoms with Gasteiger partial charge in [-0.05, 0) is 36.5 Å². The summed E-state index contributed by atoms with van der Waals surface area (Å²) in [5, 5.41) is 0. The zero-order valence-electron chi connectivity index (χ0n) is 10.3. The molecule has 0 heterocycles. The molecule has 2 N–H and O–H groups in total. The summed E-state index contributed by atoms with van der Waals surface area (Å²) < 4.78 is 0. The molecule has 2 rings (SSSR count). The lowest BCUT2D eigenvalue weighted by Gasteiger charge is -2.11. The number of hydrogen-bond donors (Lipinski definition) is 1. The highest BCUT2D eigenvalue weighted by Gasteiger charge is 2.04. The molecule has 88 valence electrons. The Labute approximate surface area is 103 Å². The standard InChI is InChI=1S/C16H19N/c1-13(17)11-15-9-5-6-10-16(15)12-14-7-3-2-4-8-14/h2-10,13H,11-12,17H2,1H3. The van der Waals surface area contributed by atoms with Crippen molar-refractivity contribution in [3.8, 4) is 0 Å². The molecule has 0 amide bonds. The average molecular weight is 225 g/mol. The Balaban J connectivity index is 2.20. The van der Waals surface area contributed by atoms with E-state index < -0.39 is 0 Å². The maximum atomic E-state index is 5.89. The minimum Gasteiger partial charge on any atom is -0.328 e. The predicted molar refractivity (Wildman–Crippen MR) is 73.0 cm³/mol. The molecular weight excluding hydrogens is 206 g/mol. The van der Waals surface area contributed by atoms with E-state index in [1.807, 2.05) is 0 Å². The normalized spacial score (nSPS) is 12.4. The number of nitrogens with two attached hydrogens (primary N) is 1. The van der Waals surface area contributed by atoms with Crippen LogP contribution >= 0.6 is 0 Å². The smallest absolute Gasteiger partial charge is 0.00510 e. The van der Waals surface area contributed by atoms with Crippen molar-refractivity contribution in [1.82, 2.24) is 0 Å². The molecule has 17 heavy (non-hydrogen) atoms. The summed E-state index contributed by atoms with van der Waals surface area (Å²) in [7, 11) is 0. The zero-order valence-corrected chi connectivity index (χ0v) is 10.3. The van der Waals surface area contributed by atoms with E-state index in [0.29, 0.717) is 0 Å². The van der Waals surface area contributed by atoms with E-state index in [0.717, 1.165) is 12.8 Å². The minimum absolute atomic E-state index is 0.215. The fourth-order valence-corrected chi connectivity index (χ4v) is 2.09. The first-order valence-electron chi connectivity index (χ1n) is 6.12. The van der Waals surface area contributed by atoms with E-state index in [4.69, 9.17) is 5.73 Å². The Bertz CT molecular complexity index is 460. The zero-order chi connectivity index (χ0) is 12.1. The van der Waals surface area contributed by atoms with E-state index in [9.17, 15) is 0 Å². The van der Waals surface area contributed by atoms with Gasteiger partial charge in [-0.3, -0.25) is 0 Å². The Morgan fingerprint density at radius 1 is 0.882 bits per heavy atom. The predicted octanol–water partition coefficient (Wildman–Crippen LogP) is 3.17. The van der Waals surface area contributed by atoms with Crippen molar-refractivity contribution in [2.45, 2.75) is 25.8 Å². The lowest BCUT2D eigenvalue weighted by atomic mass is 9.96. The molecule has 2 aromatic rings. The van der Waals surface area contributed by atoms with Crippen molar-refractivity contribution in [2.24, 2.45) is 5.73 Å².